The molecule has 0 aliphatic carbocycles. The number of benzene rings is 2. The summed E-state index contributed by atoms with van der Waals surface area (Å²) in [4.78, 5) is 23.1. The van der Waals surface area contributed by atoms with Crippen LogP contribution in [0.3, 0.4) is 0 Å². The Morgan fingerprint density at radius 1 is 1.00 bits per heavy atom. The van der Waals surface area contributed by atoms with E-state index in [0.29, 0.717) is 0 Å². The lowest BCUT2D eigenvalue weighted by molar-refractivity contribution is -0.140. The quantitative estimate of drug-likeness (QED) is 0.724. The fraction of sp³-hybridized carbons (Fsp3) is 0.300. The van der Waals surface area contributed by atoms with E-state index in [4.69, 9.17) is 0 Å². The molecule has 0 aliphatic heterocycles. The molecule has 2 aromatic rings. The molecule has 0 aromatic heterocycles. The van der Waals surface area contributed by atoms with Crippen molar-refractivity contribution in [2.24, 2.45) is 0 Å². The van der Waals surface area contributed by atoms with Crippen molar-refractivity contribution < 1.29 is 14.3 Å². The van der Waals surface area contributed by atoms with E-state index in [9.17, 15) is 9.59 Å². The molecule has 5 heteroatoms. The van der Waals surface area contributed by atoms with Crippen molar-refractivity contribution in [3.05, 3.63) is 71.3 Å². The average molecular weight is 340 g/mol. The van der Waals surface area contributed by atoms with Crippen LogP contribution in [0.5, 0.6) is 0 Å². The summed E-state index contributed by atoms with van der Waals surface area (Å²) >= 11 is 0. The van der Waals surface area contributed by atoms with Gasteiger partial charge in [-0.1, -0.05) is 60.2 Å². The minimum Gasteiger partial charge on any atom is -0.469 e. The van der Waals surface area contributed by atoms with E-state index in [1.54, 1.807) is 0 Å². The van der Waals surface area contributed by atoms with Gasteiger partial charge in [0.25, 0.3) is 0 Å². The number of carbonyl (C=O) groups is 2. The van der Waals surface area contributed by atoms with Gasteiger partial charge in [-0.15, -0.1) is 0 Å². The van der Waals surface area contributed by atoms with Gasteiger partial charge in [0.2, 0.25) is 5.91 Å². The largest absolute Gasteiger partial charge is 0.469 e. The van der Waals surface area contributed by atoms with Crippen LogP contribution < -0.4 is 10.6 Å². The second-order valence-corrected chi connectivity index (χ2v) is 5.81. The topological polar surface area (TPSA) is 67.4 Å². The van der Waals surface area contributed by atoms with Crippen molar-refractivity contribution in [1.29, 1.82) is 0 Å². The van der Waals surface area contributed by atoms with E-state index in [2.05, 4.69) is 39.6 Å². The first-order valence-electron chi connectivity index (χ1n) is 8.28. The summed E-state index contributed by atoms with van der Waals surface area (Å²) in [7, 11) is 1.33. The molecule has 0 radical (unpaired) electrons. The molecule has 2 N–H and O–H groups in total. The first kappa shape index (κ1) is 18.7. The molecule has 132 valence electrons. The number of rotatable bonds is 8. The zero-order valence-electron chi connectivity index (χ0n) is 14.6. The molecule has 1 amide bonds. The number of nitrogens with one attached hydrogen (secondary N) is 2. The average Bonchev–Trinajstić information content (AvgIpc) is 2.64. The number of amides is 1. The Labute approximate surface area is 148 Å². The zero-order valence-corrected chi connectivity index (χ0v) is 14.6. The van der Waals surface area contributed by atoms with Crippen LogP contribution in [0.15, 0.2) is 54.6 Å². The highest BCUT2D eigenvalue weighted by Crippen LogP contribution is 2.22. The summed E-state index contributed by atoms with van der Waals surface area (Å²) in [5.74, 6) is -0.493. The molecule has 2 rings (SSSR count). The summed E-state index contributed by atoms with van der Waals surface area (Å²) in [6, 6.07) is 18.2. The molecule has 1 unspecified atom stereocenters. The van der Waals surface area contributed by atoms with E-state index in [1.165, 1.54) is 12.7 Å². The molecule has 0 bridgehead atoms. The van der Waals surface area contributed by atoms with Gasteiger partial charge in [-0.25, -0.2) is 0 Å². The molecule has 1 atom stereocenters. The van der Waals surface area contributed by atoms with Gasteiger partial charge in [0.05, 0.1) is 26.1 Å². The van der Waals surface area contributed by atoms with Gasteiger partial charge in [-0.3, -0.25) is 14.9 Å². The molecule has 0 spiro atoms. The Morgan fingerprint density at radius 3 is 2.28 bits per heavy atom. The maximum Gasteiger partial charge on any atom is 0.307 e. The first-order chi connectivity index (χ1) is 12.1. The molecule has 2 aromatic carbocycles. The number of ether oxygens (including phenoxy) is 1. The van der Waals surface area contributed by atoms with Gasteiger partial charge in [0.15, 0.2) is 0 Å². The number of hydrogen-bond donors (Lipinski definition) is 2. The standard InChI is InChI=1S/C20H24N2O3/c1-15-8-10-17(11-9-15)20(16-6-4-3-5-7-16)22-14-18(23)21-13-12-19(24)25-2/h3-11,20,22H,12-14H2,1-2H3,(H,21,23). The lowest BCUT2D eigenvalue weighted by atomic mass is 9.98. The number of methoxy groups -OCH3 is 1. The normalized spacial score (nSPS) is 11.6. The molecule has 0 saturated carbocycles. The Morgan fingerprint density at radius 2 is 1.64 bits per heavy atom. The molecular weight excluding hydrogens is 316 g/mol. The number of carbonyl (C=O) groups excluding carboxylic acids is 2. The van der Waals surface area contributed by atoms with Crippen LogP contribution >= 0.6 is 0 Å². The van der Waals surface area contributed by atoms with Crippen molar-refractivity contribution in [3.8, 4) is 0 Å². The first-order valence-corrected chi connectivity index (χ1v) is 8.28. The summed E-state index contributed by atoms with van der Waals surface area (Å²) in [5.41, 5.74) is 3.38. The van der Waals surface area contributed by atoms with Crippen molar-refractivity contribution in [3.63, 3.8) is 0 Å². The Balaban J connectivity index is 1.98. The fourth-order valence-corrected chi connectivity index (χ4v) is 2.50. The molecule has 25 heavy (non-hydrogen) atoms. The highest BCUT2D eigenvalue weighted by Gasteiger charge is 2.15. The maximum absolute atomic E-state index is 12.0. The highest BCUT2D eigenvalue weighted by molar-refractivity contribution is 5.79. The zero-order chi connectivity index (χ0) is 18.1. The van der Waals surface area contributed by atoms with Gasteiger partial charge >= 0.3 is 5.97 Å². The number of aryl methyl sites for hydroxylation is 1. The summed E-state index contributed by atoms with van der Waals surface area (Å²) in [5, 5.41) is 6.01. The van der Waals surface area contributed by atoms with Crippen LogP contribution in [-0.2, 0) is 14.3 Å². The third-order valence-electron chi connectivity index (χ3n) is 3.89. The van der Waals surface area contributed by atoms with Crippen LogP contribution in [0.4, 0.5) is 0 Å². The SMILES string of the molecule is COC(=O)CCNC(=O)CNC(c1ccccc1)c1ccc(C)cc1. The van der Waals surface area contributed by atoms with Gasteiger partial charge < -0.3 is 10.1 Å². The van der Waals surface area contributed by atoms with E-state index in [1.807, 2.05) is 37.3 Å². The predicted molar refractivity (Wildman–Crippen MR) is 97.1 cm³/mol. The molecule has 0 aliphatic rings. The predicted octanol–water partition coefficient (Wildman–Crippen LogP) is 2.35. The van der Waals surface area contributed by atoms with E-state index >= 15 is 0 Å². The Bertz CT molecular complexity index is 684. The van der Waals surface area contributed by atoms with Crippen LogP contribution in [0.2, 0.25) is 0 Å². The molecular formula is C20H24N2O3. The second kappa shape index (κ2) is 9.59. The third-order valence-corrected chi connectivity index (χ3v) is 3.89. The monoisotopic (exact) mass is 340 g/mol. The number of esters is 1. The molecule has 0 heterocycles. The van der Waals surface area contributed by atoms with E-state index < -0.39 is 0 Å². The van der Waals surface area contributed by atoms with Gasteiger partial charge in [-0.05, 0) is 18.1 Å². The summed E-state index contributed by atoms with van der Waals surface area (Å²) in [6.07, 6.45) is 0.169. The lowest BCUT2D eigenvalue weighted by Gasteiger charge is -2.20. The van der Waals surface area contributed by atoms with E-state index in [0.717, 1.165) is 11.1 Å². The van der Waals surface area contributed by atoms with Crippen molar-refractivity contribution in [1.82, 2.24) is 10.6 Å². The van der Waals surface area contributed by atoms with Crippen LogP contribution in [0.1, 0.15) is 29.2 Å². The van der Waals surface area contributed by atoms with Gasteiger partial charge in [-0.2, -0.15) is 0 Å². The van der Waals surface area contributed by atoms with Gasteiger partial charge in [0.1, 0.15) is 0 Å². The van der Waals surface area contributed by atoms with Crippen molar-refractivity contribution in [2.45, 2.75) is 19.4 Å². The van der Waals surface area contributed by atoms with Crippen molar-refractivity contribution >= 4 is 11.9 Å². The second-order valence-electron chi connectivity index (χ2n) is 5.81. The smallest absolute Gasteiger partial charge is 0.307 e. The minimum absolute atomic E-state index is 0.0758. The third kappa shape index (κ3) is 6.04. The Hall–Kier alpha value is -2.66. The Kier molecular flexibility index (Phi) is 7.16. The molecule has 0 saturated heterocycles. The molecule has 0 fully saturated rings. The van der Waals surface area contributed by atoms with Crippen molar-refractivity contribution in [2.75, 3.05) is 20.2 Å². The van der Waals surface area contributed by atoms with Crippen LogP contribution in [-0.4, -0.2) is 32.1 Å². The van der Waals surface area contributed by atoms with Crippen LogP contribution in [0.25, 0.3) is 0 Å². The maximum atomic E-state index is 12.0. The van der Waals surface area contributed by atoms with E-state index in [-0.39, 0.29) is 37.4 Å². The number of hydrogen-bond acceptors (Lipinski definition) is 4. The molecule has 5 nitrogen and oxygen atoms in total. The lowest BCUT2D eigenvalue weighted by Crippen LogP contribution is -2.37. The fourth-order valence-electron chi connectivity index (χ4n) is 2.50. The van der Waals surface area contributed by atoms with Crippen LogP contribution in [0, 0.1) is 6.92 Å². The summed E-state index contributed by atoms with van der Waals surface area (Å²) < 4.78 is 4.55. The summed E-state index contributed by atoms with van der Waals surface area (Å²) in [6.45, 7) is 2.48. The van der Waals surface area contributed by atoms with Gasteiger partial charge in [0, 0.05) is 6.54 Å². The highest BCUT2D eigenvalue weighted by atomic mass is 16.5. The minimum atomic E-state index is -0.338.